The Morgan fingerprint density at radius 3 is 2.80 bits per heavy atom. The summed E-state index contributed by atoms with van der Waals surface area (Å²) in [5.41, 5.74) is -0.677. The molecule has 1 saturated heterocycles. The lowest BCUT2D eigenvalue weighted by Crippen LogP contribution is -2.44. The molecule has 108 valence electrons. The molecule has 7 nitrogen and oxygen atoms in total. The minimum atomic E-state index is -0.677. The predicted molar refractivity (Wildman–Crippen MR) is 68.6 cm³/mol. The molecular formula is C13H18N4O3. The fourth-order valence-corrected chi connectivity index (χ4v) is 2.95. The van der Waals surface area contributed by atoms with Crippen LogP contribution in [0.5, 0.6) is 0 Å². The van der Waals surface area contributed by atoms with Crippen molar-refractivity contribution in [2.24, 2.45) is 0 Å². The van der Waals surface area contributed by atoms with Crippen molar-refractivity contribution in [1.29, 1.82) is 0 Å². The van der Waals surface area contributed by atoms with Gasteiger partial charge in [0.1, 0.15) is 12.1 Å². The molecule has 0 aromatic carbocycles. The minimum absolute atomic E-state index is 0.0587. The first-order chi connectivity index (χ1) is 9.64. The summed E-state index contributed by atoms with van der Waals surface area (Å²) in [6.07, 6.45) is 5.04. The van der Waals surface area contributed by atoms with Gasteiger partial charge in [0, 0.05) is 6.42 Å². The molecule has 7 heteroatoms. The van der Waals surface area contributed by atoms with E-state index in [9.17, 15) is 9.59 Å². The highest BCUT2D eigenvalue weighted by Gasteiger charge is 2.52. The van der Waals surface area contributed by atoms with Gasteiger partial charge in [0.2, 0.25) is 5.89 Å². The van der Waals surface area contributed by atoms with E-state index in [1.165, 1.54) is 4.90 Å². The number of carbonyl (C=O) groups is 2. The summed E-state index contributed by atoms with van der Waals surface area (Å²) in [4.78, 5) is 29.8. The zero-order valence-electron chi connectivity index (χ0n) is 11.5. The summed E-state index contributed by atoms with van der Waals surface area (Å²) in [6, 6.07) is -0.354. The van der Waals surface area contributed by atoms with Crippen LogP contribution in [-0.2, 0) is 17.8 Å². The maximum Gasteiger partial charge on any atom is 0.325 e. The molecule has 3 rings (SSSR count). The van der Waals surface area contributed by atoms with E-state index in [4.69, 9.17) is 4.52 Å². The van der Waals surface area contributed by atoms with Gasteiger partial charge in [-0.05, 0) is 19.3 Å². The van der Waals surface area contributed by atoms with Gasteiger partial charge >= 0.3 is 6.03 Å². The second kappa shape index (κ2) is 4.88. The maximum atomic E-state index is 12.4. The second-order valence-corrected chi connectivity index (χ2v) is 5.47. The van der Waals surface area contributed by atoms with Crippen molar-refractivity contribution in [2.75, 3.05) is 0 Å². The van der Waals surface area contributed by atoms with E-state index in [2.05, 4.69) is 15.5 Å². The molecule has 2 aliphatic rings. The van der Waals surface area contributed by atoms with Crippen molar-refractivity contribution in [2.45, 2.75) is 57.5 Å². The van der Waals surface area contributed by atoms with Crippen molar-refractivity contribution in [3.63, 3.8) is 0 Å². The third-order valence-electron chi connectivity index (χ3n) is 3.98. The molecule has 20 heavy (non-hydrogen) atoms. The van der Waals surface area contributed by atoms with Gasteiger partial charge in [-0.1, -0.05) is 24.9 Å². The Labute approximate surface area is 116 Å². The maximum absolute atomic E-state index is 12.4. The topological polar surface area (TPSA) is 88.3 Å². The number of rotatable bonds is 4. The van der Waals surface area contributed by atoms with E-state index in [0.717, 1.165) is 38.5 Å². The van der Waals surface area contributed by atoms with E-state index in [-0.39, 0.29) is 18.5 Å². The largest absolute Gasteiger partial charge is 0.337 e. The third kappa shape index (κ3) is 2.07. The number of hydrogen-bond acceptors (Lipinski definition) is 5. The number of hydrogen-bond donors (Lipinski definition) is 1. The Bertz CT molecular complexity index is 533. The van der Waals surface area contributed by atoms with Crippen LogP contribution >= 0.6 is 0 Å². The fourth-order valence-electron chi connectivity index (χ4n) is 2.95. The number of aryl methyl sites for hydroxylation is 1. The van der Waals surface area contributed by atoms with E-state index < -0.39 is 5.54 Å². The predicted octanol–water partition coefficient (Wildman–Crippen LogP) is 1.39. The van der Waals surface area contributed by atoms with Gasteiger partial charge in [0.15, 0.2) is 5.82 Å². The van der Waals surface area contributed by atoms with Crippen LogP contribution in [-0.4, -0.2) is 32.5 Å². The van der Waals surface area contributed by atoms with Crippen LogP contribution in [0.15, 0.2) is 4.52 Å². The summed E-state index contributed by atoms with van der Waals surface area (Å²) in [5.74, 6) is 0.771. The lowest BCUT2D eigenvalue weighted by molar-refractivity contribution is -0.131. The molecule has 1 aliphatic heterocycles. The highest BCUT2D eigenvalue weighted by molar-refractivity contribution is 6.07. The molecule has 0 unspecified atom stereocenters. The number of carbonyl (C=O) groups excluding carboxylic acids is 2. The van der Waals surface area contributed by atoms with Gasteiger partial charge < -0.3 is 9.84 Å². The molecule has 1 saturated carbocycles. The third-order valence-corrected chi connectivity index (χ3v) is 3.98. The van der Waals surface area contributed by atoms with Gasteiger partial charge in [-0.15, -0.1) is 0 Å². The van der Waals surface area contributed by atoms with Gasteiger partial charge in [0.05, 0.1) is 0 Å². The van der Waals surface area contributed by atoms with E-state index >= 15 is 0 Å². The van der Waals surface area contributed by atoms with Gasteiger partial charge in [0.25, 0.3) is 5.91 Å². The van der Waals surface area contributed by atoms with Crippen LogP contribution in [0.3, 0.4) is 0 Å². The first kappa shape index (κ1) is 13.1. The van der Waals surface area contributed by atoms with Crippen LogP contribution in [0.2, 0.25) is 0 Å². The Hall–Kier alpha value is -1.92. The van der Waals surface area contributed by atoms with Crippen molar-refractivity contribution in [1.82, 2.24) is 20.4 Å². The first-order valence-electron chi connectivity index (χ1n) is 7.10. The summed E-state index contributed by atoms with van der Waals surface area (Å²) in [7, 11) is 0. The lowest BCUT2D eigenvalue weighted by Gasteiger charge is -2.19. The Kier molecular flexibility index (Phi) is 3.19. The number of imide groups is 1. The summed E-state index contributed by atoms with van der Waals surface area (Å²) < 4.78 is 5.09. The molecule has 1 aromatic rings. The van der Waals surface area contributed by atoms with E-state index in [0.29, 0.717) is 11.7 Å². The number of nitrogens with one attached hydrogen (secondary N) is 1. The average Bonchev–Trinajstić information content (AvgIpc) is 3.10. The van der Waals surface area contributed by atoms with Crippen molar-refractivity contribution >= 4 is 11.9 Å². The molecule has 1 aliphatic carbocycles. The molecule has 1 aromatic heterocycles. The molecule has 3 amide bonds. The minimum Gasteiger partial charge on any atom is -0.337 e. The first-order valence-corrected chi connectivity index (χ1v) is 7.10. The molecule has 0 bridgehead atoms. The summed E-state index contributed by atoms with van der Waals surface area (Å²) >= 11 is 0. The van der Waals surface area contributed by atoms with Crippen molar-refractivity contribution in [3.05, 3.63) is 11.7 Å². The van der Waals surface area contributed by atoms with Crippen LogP contribution in [0.25, 0.3) is 0 Å². The van der Waals surface area contributed by atoms with E-state index in [1.807, 2.05) is 6.92 Å². The number of urea groups is 1. The van der Waals surface area contributed by atoms with Crippen LogP contribution in [0.1, 0.15) is 50.7 Å². The second-order valence-electron chi connectivity index (χ2n) is 5.47. The lowest BCUT2D eigenvalue weighted by atomic mass is 9.98. The van der Waals surface area contributed by atoms with Gasteiger partial charge in [-0.3, -0.25) is 9.69 Å². The molecule has 2 heterocycles. The van der Waals surface area contributed by atoms with Crippen LogP contribution in [0.4, 0.5) is 4.79 Å². The molecule has 1 N–H and O–H groups in total. The van der Waals surface area contributed by atoms with Crippen molar-refractivity contribution in [3.8, 4) is 0 Å². The fraction of sp³-hybridized carbons (Fsp3) is 0.692. The number of amides is 3. The quantitative estimate of drug-likeness (QED) is 0.841. The Balaban J connectivity index is 1.73. The number of aromatic nitrogens is 2. The molecule has 1 spiro atoms. The molecular weight excluding hydrogens is 260 g/mol. The van der Waals surface area contributed by atoms with Gasteiger partial charge in [-0.2, -0.15) is 4.98 Å². The van der Waals surface area contributed by atoms with Crippen molar-refractivity contribution < 1.29 is 14.1 Å². The SMILES string of the molecule is CCCc1noc(CN2C(=O)NC3(CCCC3)C2=O)n1. The summed E-state index contributed by atoms with van der Waals surface area (Å²) in [6.45, 7) is 2.08. The zero-order valence-corrected chi connectivity index (χ0v) is 11.5. The highest BCUT2D eigenvalue weighted by atomic mass is 16.5. The van der Waals surface area contributed by atoms with Crippen LogP contribution < -0.4 is 5.32 Å². The highest BCUT2D eigenvalue weighted by Crippen LogP contribution is 2.35. The average molecular weight is 278 g/mol. The Morgan fingerprint density at radius 1 is 1.35 bits per heavy atom. The normalized spacial score (nSPS) is 20.9. The monoisotopic (exact) mass is 278 g/mol. The molecule has 0 atom stereocenters. The zero-order chi connectivity index (χ0) is 14.2. The standard InChI is InChI=1S/C13H18N4O3/c1-2-5-9-14-10(20-16-9)8-17-11(18)13(15-12(17)19)6-3-4-7-13/h2-8H2,1H3,(H,15,19). The Morgan fingerprint density at radius 2 is 2.10 bits per heavy atom. The molecule has 2 fully saturated rings. The molecule has 0 radical (unpaired) electrons. The summed E-state index contributed by atoms with van der Waals surface area (Å²) in [5, 5.41) is 6.66. The smallest absolute Gasteiger partial charge is 0.325 e. The van der Waals surface area contributed by atoms with E-state index in [1.54, 1.807) is 0 Å². The number of nitrogens with zero attached hydrogens (tertiary/aromatic N) is 3. The van der Waals surface area contributed by atoms with Gasteiger partial charge in [-0.25, -0.2) is 4.79 Å². The van der Waals surface area contributed by atoms with Crippen LogP contribution in [0, 0.1) is 0 Å².